The second-order valence-corrected chi connectivity index (χ2v) is 8.27. The zero-order valence-electron chi connectivity index (χ0n) is 18.0. The molecule has 1 aliphatic heterocycles. The molecule has 1 fully saturated rings. The third kappa shape index (κ3) is 4.60. The van der Waals surface area contributed by atoms with Gasteiger partial charge in [0, 0.05) is 36.9 Å². The van der Waals surface area contributed by atoms with Crippen molar-refractivity contribution in [2.24, 2.45) is 5.10 Å². The van der Waals surface area contributed by atoms with E-state index in [9.17, 15) is 4.79 Å². The number of fused-ring (bicyclic) bond motifs is 1. The van der Waals surface area contributed by atoms with Gasteiger partial charge in [0.15, 0.2) is 5.58 Å². The molecule has 4 rings (SSSR count). The summed E-state index contributed by atoms with van der Waals surface area (Å²) in [6.07, 6.45) is 3.19. The summed E-state index contributed by atoms with van der Waals surface area (Å²) in [6, 6.07) is 11.7. The maximum atomic E-state index is 13.4. The molecular formula is C23H25ClN6O2. The normalized spacial score (nSPS) is 17.0. The summed E-state index contributed by atoms with van der Waals surface area (Å²) in [6.45, 7) is 5.84. The van der Waals surface area contributed by atoms with Crippen LogP contribution in [0.1, 0.15) is 29.3 Å². The van der Waals surface area contributed by atoms with Crippen molar-refractivity contribution in [3.63, 3.8) is 0 Å². The highest BCUT2D eigenvalue weighted by molar-refractivity contribution is 6.31. The van der Waals surface area contributed by atoms with Crippen LogP contribution in [0.3, 0.4) is 0 Å². The van der Waals surface area contributed by atoms with Gasteiger partial charge in [-0.25, -0.2) is 0 Å². The molecule has 3 aromatic rings. The van der Waals surface area contributed by atoms with Crippen LogP contribution >= 0.6 is 11.6 Å². The Labute approximate surface area is 191 Å². The highest BCUT2D eigenvalue weighted by Gasteiger charge is 2.28. The monoisotopic (exact) mass is 452 g/mol. The van der Waals surface area contributed by atoms with Crippen molar-refractivity contribution in [2.45, 2.75) is 26.3 Å². The van der Waals surface area contributed by atoms with Crippen molar-refractivity contribution in [3.05, 3.63) is 52.5 Å². The van der Waals surface area contributed by atoms with Gasteiger partial charge in [0.1, 0.15) is 5.52 Å². The Hall–Kier alpha value is -3.39. The van der Waals surface area contributed by atoms with Gasteiger partial charge in [0.25, 0.3) is 11.9 Å². The third-order valence-electron chi connectivity index (χ3n) is 5.57. The van der Waals surface area contributed by atoms with E-state index in [1.165, 1.54) is 6.21 Å². The van der Waals surface area contributed by atoms with Gasteiger partial charge in [-0.05, 0) is 50.6 Å². The van der Waals surface area contributed by atoms with Gasteiger partial charge >= 0.3 is 0 Å². The van der Waals surface area contributed by atoms with Gasteiger partial charge in [0.2, 0.25) is 0 Å². The van der Waals surface area contributed by atoms with Crippen LogP contribution in [0.5, 0.6) is 0 Å². The number of halogens is 1. The van der Waals surface area contributed by atoms with E-state index in [4.69, 9.17) is 21.4 Å². The number of amides is 1. The summed E-state index contributed by atoms with van der Waals surface area (Å²) in [4.78, 5) is 22.0. The van der Waals surface area contributed by atoms with Crippen LogP contribution in [0, 0.1) is 12.3 Å². The minimum Gasteiger partial charge on any atom is -0.423 e. The van der Waals surface area contributed by atoms with Crippen molar-refractivity contribution >= 4 is 52.7 Å². The number of aryl methyl sites for hydroxylation is 1. The van der Waals surface area contributed by atoms with Crippen molar-refractivity contribution < 1.29 is 9.21 Å². The molecule has 2 heterocycles. The molecule has 166 valence electrons. The molecule has 9 heteroatoms. The number of aromatic nitrogens is 1. The summed E-state index contributed by atoms with van der Waals surface area (Å²) in [5, 5.41) is 11.6. The van der Waals surface area contributed by atoms with Gasteiger partial charge in [0.05, 0.1) is 17.5 Å². The number of carbonyl (C=O) groups is 1. The maximum absolute atomic E-state index is 13.4. The predicted octanol–water partition coefficient (Wildman–Crippen LogP) is 4.58. The zero-order chi connectivity index (χ0) is 22.7. The number of carbonyl (C=O) groups excluding carboxylic acids is 1. The highest BCUT2D eigenvalue weighted by atomic mass is 35.5. The van der Waals surface area contributed by atoms with Crippen LogP contribution in [0.2, 0.25) is 5.02 Å². The number of oxazole rings is 1. The average molecular weight is 453 g/mol. The fourth-order valence-electron chi connectivity index (χ4n) is 3.80. The third-order valence-corrected chi connectivity index (χ3v) is 5.81. The van der Waals surface area contributed by atoms with E-state index in [0.717, 1.165) is 23.7 Å². The van der Waals surface area contributed by atoms with Crippen LogP contribution in [-0.4, -0.2) is 53.9 Å². The predicted molar refractivity (Wildman–Crippen MR) is 128 cm³/mol. The Morgan fingerprint density at radius 2 is 2.12 bits per heavy atom. The Balaban J connectivity index is 1.54. The fraction of sp³-hybridized carbons (Fsp3) is 0.304. The maximum Gasteiger partial charge on any atom is 0.298 e. The van der Waals surface area contributed by atoms with Crippen molar-refractivity contribution in [2.75, 3.05) is 30.0 Å². The van der Waals surface area contributed by atoms with Crippen molar-refractivity contribution in [1.82, 2.24) is 9.88 Å². The van der Waals surface area contributed by atoms with Gasteiger partial charge in [-0.3, -0.25) is 10.2 Å². The minimum atomic E-state index is -0.0559. The Bertz CT molecular complexity index is 1170. The topological polar surface area (TPSA) is 97.8 Å². The van der Waals surface area contributed by atoms with E-state index in [-0.39, 0.29) is 11.9 Å². The SMILES string of the molecule is Cc1ccc(N/N=C\C=N)c(C(=O)N2CCC(C)N(c3nc4cc(Cl)ccc4o3)CC2)c1. The van der Waals surface area contributed by atoms with Crippen LogP contribution in [0.15, 0.2) is 45.9 Å². The van der Waals surface area contributed by atoms with E-state index in [2.05, 4.69) is 27.3 Å². The van der Waals surface area contributed by atoms with Gasteiger partial charge in [-0.15, -0.1) is 0 Å². The molecule has 32 heavy (non-hydrogen) atoms. The molecule has 0 spiro atoms. The molecule has 1 aliphatic rings. The molecule has 0 aliphatic carbocycles. The molecule has 0 saturated carbocycles. The van der Waals surface area contributed by atoms with E-state index >= 15 is 0 Å². The zero-order valence-corrected chi connectivity index (χ0v) is 18.8. The first-order chi connectivity index (χ1) is 15.5. The number of hydrogen-bond donors (Lipinski definition) is 2. The largest absolute Gasteiger partial charge is 0.423 e. The number of nitrogens with zero attached hydrogens (tertiary/aromatic N) is 4. The summed E-state index contributed by atoms with van der Waals surface area (Å²) in [5.74, 6) is -0.0559. The average Bonchev–Trinajstić information content (AvgIpc) is 3.09. The molecule has 1 amide bonds. The molecule has 2 N–H and O–H groups in total. The van der Waals surface area contributed by atoms with Crippen LogP contribution < -0.4 is 10.3 Å². The van der Waals surface area contributed by atoms with Crippen LogP contribution in [0.4, 0.5) is 11.7 Å². The second kappa shape index (κ2) is 9.40. The quantitative estimate of drug-likeness (QED) is 0.436. The smallest absolute Gasteiger partial charge is 0.298 e. The Morgan fingerprint density at radius 1 is 1.28 bits per heavy atom. The molecule has 1 atom stereocenters. The first-order valence-corrected chi connectivity index (χ1v) is 10.8. The molecule has 0 bridgehead atoms. The molecule has 0 radical (unpaired) electrons. The van der Waals surface area contributed by atoms with E-state index in [1.807, 2.05) is 36.1 Å². The highest BCUT2D eigenvalue weighted by Crippen LogP contribution is 2.28. The molecule has 1 aromatic heterocycles. The standard InChI is InChI=1S/C23H25ClN6O2/c1-15-3-5-19(28-26-9-8-25)18(13-15)22(31)29-10-7-16(2)30(12-11-29)23-27-20-14-17(24)4-6-21(20)32-23/h3-6,8-9,13-14,16,25,28H,7,10-12H2,1-2H3/b25-8?,26-9-. The first kappa shape index (κ1) is 21.8. The lowest BCUT2D eigenvalue weighted by molar-refractivity contribution is 0.0767. The van der Waals surface area contributed by atoms with E-state index in [0.29, 0.717) is 47.5 Å². The molecule has 8 nitrogen and oxygen atoms in total. The lowest BCUT2D eigenvalue weighted by atomic mass is 10.1. The number of anilines is 2. The number of benzene rings is 2. The van der Waals surface area contributed by atoms with E-state index in [1.54, 1.807) is 12.1 Å². The summed E-state index contributed by atoms with van der Waals surface area (Å²) in [5.41, 5.74) is 6.44. The minimum absolute atomic E-state index is 0.0559. The number of hydrogen-bond acceptors (Lipinski definition) is 7. The molecule has 1 saturated heterocycles. The van der Waals surface area contributed by atoms with Gasteiger partial charge in [-0.1, -0.05) is 23.2 Å². The Kier molecular flexibility index (Phi) is 6.41. The van der Waals surface area contributed by atoms with Crippen LogP contribution in [-0.2, 0) is 0 Å². The molecule has 2 aromatic carbocycles. The number of hydrazone groups is 1. The fourth-order valence-corrected chi connectivity index (χ4v) is 3.97. The van der Waals surface area contributed by atoms with E-state index < -0.39 is 0 Å². The van der Waals surface area contributed by atoms with Crippen LogP contribution in [0.25, 0.3) is 11.1 Å². The van der Waals surface area contributed by atoms with Gasteiger partial charge in [-0.2, -0.15) is 10.1 Å². The lowest BCUT2D eigenvalue weighted by Gasteiger charge is -2.24. The van der Waals surface area contributed by atoms with Crippen molar-refractivity contribution in [1.29, 1.82) is 5.41 Å². The Morgan fingerprint density at radius 3 is 2.94 bits per heavy atom. The molecular weight excluding hydrogens is 428 g/mol. The molecule has 1 unspecified atom stereocenters. The summed E-state index contributed by atoms with van der Waals surface area (Å²) in [7, 11) is 0. The van der Waals surface area contributed by atoms with Gasteiger partial charge < -0.3 is 19.6 Å². The number of rotatable bonds is 5. The lowest BCUT2D eigenvalue weighted by Crippen LogP contribution is -2.36. The van der Waals surface area contributed by atoms with Crippen molar-refractivity contribution in [3.8, 4) is 0 Å². The number of nitrogens with one attached hydrogen (secondary N) is 2. The second-order valence-electron chi connectivity index (χ2n) is 7.84. The summed E-state index contributed by atoms with van der Waals surface area (Å²) >= 11 is 6.08. The first-order valence-electron chi connectivity index (χ1n) is 10.5. The summed E-state index contributed by atoms with van der Waals surface area (Å²) < 4.78 is 5.97.